The fraction of sp³-hybridized carbons (Fsp3) is 0.533. The molecule has 0 unspecified atom stereocenters. The molecule has 3 rings (SSSR count). The molecule has 0 atom stereocenters. The van der Waals surface area contributed by atoms with E-state index in [4.69, 9.17) is 15.8 Å². The number of nitrogens with one attached hydrogen (secondary N) is 1. The number of hydrogen-bond donors (Lipinski definition) is 1. The molecule has 1 aliphatic rings. The molecular formula is C15H19ClN2O3S2. The molecule has 0 spiro atoms. The quantitative estimate of drug-likeness (QED) is 0.804. The predicted molar refractivity (Wildman–Crippen MR) is 94.8 cm³/mol. The van der Waals surface area contributed by atoms with Crippen LogP contribution >= 0.6 is 22.9 Å². The molecule has 0 amide bonds. The first-order valence-corrected chi connectivity index (χ1v) is 10.6. The van der Waals surface area contributed by atoms with Crippen molar-refractivity contribution in [3.8, 4) is 0 Å². The smallest absolute Gasteiger partial charge is 0.264 e. The lowest BCUT2D eigenvalue weighted by atomic mass is 9.87. The van der Waals surface area contributed by atoms with Gasteiger partial charge in [-0.1, -0.05) is 22.9 Å². The van der Waals surface area contributed by atoms with Crippen LogP contribution in [0.5, 0.6) is 0 Å². The highest BCUT2D eigenvalue weighted by atomic mass is 35.5. The third-order valence-electron chi connectivity index (χ3n) is 4.04. The summed E-state index contributed by atoms with van der Waals surface area (Å²) in [4.78, 5) is 4.58. The Labute approximate surface area is 145 Å². The number of hydrogen-bond acceptors (Lipinski definition) is 6. The number of nitrogens with zero attached hydrogens (tertiary/aromatic N) is 1. The normalized spacial score (nSPS) is 22.3. The van der Waals surface area contributed by atoms with Gasteiger partial charge in [-0.3, -0.25) is 4.18 Å². The van der Waals surface area contributed by atoms with Gasteiger partial charge >= 0.3 is 0 Å². The van der Waals surface area contributed by atoms with Crippen molar-refractivity contribution >= 4 is 48.4 Å². The van der Waals surface area contributed by atoms with E-state index in [0.717, 1.165) is 52.3 Å². The van der Waals surface area contributed by atoms with Crippen LogP contribution in [0.4, 0.5) is 5.13 Å². The molecule has 23 heavy (non-hydrogen) atoms. The average Bonchev–Trinajstić information content (AvgIpc) is 2.87. The summed E-state index contributed by atoms with van der Waals surface area (Å²) >= 11 is 7.61. The van der Waals surface area contributed by atoms with E-state index in [2.05, 4.69) is 10.3 Å². The maximum absolute atomic E-state index is 11.0. The Hall–Kier alpha value is -0.890. The van der Waals surface area contributed by atoms with Crippen LogP contribution in [0, 0.1) is 5.92 Å². The summed E-state index contributed by atoms with van der Waals surface area (Å²) in [5.41, 5.74) is 0.956. The van der Waals surface area contributed by atoms with Crippen LogP contribution in [-0.4, -0.2) is 32.3 Å². The van der Waals surface area contributed by atoms with Crippen molar-refractivity contribution in [1.82, 2.24) is 4.98 Å². The van der Waals surface area contributed by atoms with E-state index in [-0.39, 0.29) is 0 Å². The summed E-state index contributed by atoms with van der Waals surface area (Å²) in [5.74, 6) is 0.317. The molecule has 1 fully saturated rings. The fourth-order valence-corrected chi connectivity index (χ4v) is 4.49. The van der Waals surface area contributed by atoms with Crippen LogP contribution in [0.15, 0.2) is 18.2 Å². The van der Waals surface area contributed by atoms with Crippen LogP contribution in [0.3, 0.4) is 0 Å². The van der Waals surface area contributed by atoms with Crippen molar-refractivity contribution < 1.29 is 12.6 Å². The summed E-state index contributed by atoms with van der Waals surface area (Å²) in [6.07, 6.45) is 5.01. The lowest BCUT2D eigenvalue weighted by Gasteiger charge is -2.28. The second-order valence-electron chi connectivity index (χ2n) is 5.98. The lowest BCUT2D eigenvalue weighted by molar-refractivity contribution is 0.210. The molecule has 0 bridgehead atoms. The van der Waals surface area contributed by atoms with Gasteiger partial charge in [0.05, 0.1) is 23.1 Å². The monoisotopic (exact) mass is 374 g/mol. The molecule has 0 radical (unpaired) electrons. The zero-order valence-electron chi connectivity index (χ0n) is 12.8. The molecule has 0 saturated heterocycles. The molecule has 2 aromatic rings. The summed E-state index contributed by atoms with van der Waals surface area (Å²) in [6, 6.07) is 6.08. The van der Waals surface area contributed by atoms with Gasteiger partial charge in [-0.2, -0.15) is 8.42 Å². The zero-order valence-corrected chi connectivity index (χ0v) is 15.2. The van der Waals surface area contributed by atoms with E-state index >= 15 is 0 Å². The zero-order chi connectivity index (χ0) is 16.4. The molecule has 1 aromatic carbocycles. The van der Waals surface area contributed by atoms with E-state index in [0.29, 0.717) is 18.6 Å². The molecule has 1 saturated carbocycles. The molecule has 1 aliphatic carbocycles. The van der Waals surface area contributed by atoms with Gasteiger partial charge in [0, 0.05) is 11.1 Å². The van der Waals surface area contributed by atoms with E-state index in [1.54, 1.807) is 11.3 Å². The third kappa shape index (κ3) is 4.79. The second-order valence-corrected chi connectivity index (χ2v) is 9.09. The molecule has 0 aliphatic heterocycles. The highest BCUT2D eigenvalue weighted by molar-refractivity contribution is 7.85. The Kier molecular flexibility index (Phi) is 5.10. The van der Waals surface area contributed by atoms with Gasteiger partial charge in [0.2, 0.25) is 0 Å². The predicted octanol–water partition coefficient (Wildman–Crippen LogP) is 3.90. The lowest BCUT2D eigenvalue weighted by Crippen LogP contribution is -2.28. The standard InChI is InChI=1S/C15H19ClN2O3S2/c1-23(19,20)21-9-10-2-5-12(6-3-10)17-15-18-13-7-4-11(16)8-14(13)22-15/h4,7-8,10,12H,2-3,5-6,9H2,1H3,(H,17,18). The Morgan fingerprint density at radius 1 is 1.35 bits per heavy atom. The molecule has 1 aromatic heterocycles. The van der Waals surface area contributed by atoms with Gasteiger partial charge in [-0.05, 0) is 49.8 Å². The molecule has 126 valence electrons. The van der Waals surface area contributed by atoms with E-state index in [1.165, 1.54) is 0 Å². The van der Waals surface area contributed by atoms with E-state index in [9.17, 15) is 8.42 Å². The number of thiazole rings is 1. The first kappa shape index (κ1) is 17.0. The van der Waals surface area contributed by atoms with Crippen molar-refractivity contribution in [3.63, 3.8) is 0 Å². The largest absolute Gasteiger partial charge is 0.359 e. The van der Waals surface area contributed by atoms with Gasteiger partial charge in [-0.15, -0.1) is 0 Å². The molecule has 1 N–H and O–H groups in total. The number of aromatic nitrogens is 1. The average molecular weight is 375 g/mol. The van der Waals surface area contributed by atoms with Gasteiger partial charge in [0.15, 0.2) is 5.13 Å². The number of benzene rings is 1. The minimum atomic E-state index is -3.34. The minimum Gasteiger partial charge on any atom is -0.359 e. The number of halogens is 1. The SMILES string of the molecule is CS(=O)(=O)OCC1CCC(Nc2nc3ccc(Cl)cc3s2)CC1. The Bertz CT molecular complexity index is 783. The maximum Gasteiger partial charge on any atom is 0.264 e. The highest BCUT2D eigenvalue weighted by Crippen LogP contribution is 2.32. The first-order valence-electron chi connectivity index (χ1n) is 7.56. The van der Waals surface area contributed by atoms with Crippen LogP contribution in [0.2, 0.25) is 5.02 Å². The van der Waals surface area contributed by atoms with E-state index < -0.39 is 10.1 Å². The molecule has 1 heterocycles. The molecule has 5 nitrogen and oxygen atoms in total. The van der Waals surface area contributed by atoms with Crippen molar-refractivity contribution in [2.45, 2.75) is 31.7 Å². The van der Waals surface area contributed by atoms with Gasteiger partial charge < -0.3 is 5.32 Å². The first-order chi connectivity index (χ1) is 10.9. The maximum atomic E-state index is 11.0. The van der Waals surface area contributed by atoms with Gasteiger partial charge in [0.1, 0.15) is 0 Å². The minimum absolute atomic E-state index is 0.297. The van der Waals surface area contributed by atoms with Crippen molar-refractivity contribution in [2.24, 2.45) is 5.92 Å². The highest BCUT2D eigenvalue weighted by Gasteiger charge is 2.23. The van der Waals surface area contributed by atoms with Gasteiger partial charge in [-0.25, -0.2) is 4.98 Å². The van der Waals surface area contributed by atoms with Crippen LogP contribution in [-0.2, 0) is 14.3 Å². The Morgan fingerprint density at radius 3 is 2.78 bits per heavy atom. The number of anilines is 1. The Morgan fingerprint density at radius 2 is 2.09 bits per heavy atom. The second kappa shape index (κ2) is 6.93. The Balaban J connectivity index is 1.53. The van der Waals surface area contributed by atoms with Crippen LogP contribution < -0.4 is 5.32 Å². The summed E-state index contributed by atoms with van der Waals surface area (Å²) in [5, 5.41) is 5.12. The van der Waals surface area contributed by atoms with Crippen molar-refractivity contribution in [1.29, 1.82) is 0 Å². The van der Waals surface area contributed by atoms with Crippen LogP contribution in [0.25, 0.3) is 10.2 Å². The fourth-order valence-electron chi connectivity index (χ4n) is 2.83. The summed E-state index contributed by atoms with van der Waals surface area (Å²) in [7, 11) is -3.34. The third-order valence-corrected chi connectivity index (χ3v) is 5.79. The summed E-state index contributed by atoms with van der Waals surface area (Å²) in [6.45, 7) is 0.297. The molecule has 8 heteroatoms. The number of rotatable bonds is 5. The van der Waals surface area contributed by atoms with Crippen LogP contribution in [0.1, 0.15) is 25.7 Å². The summed E-state index contributed by atoms with van der Waals surface area (Å²) < 4.78 is 28.1. The van der Waals surface area contributed by atoms with Gasteiger partial charge in [0.25, 0.3) is 10.1 Å². The number of fused-ring (bicyclic) bond motifs is 1. The van der Waals surface area contributed by atoms with Crippen molar-refractivity contribution in [2.75, 3.05) is 18.2 Å². The van der Waals surface area contributed by atoms with E-state index in [1.807, 2.05) is 18.2 Å². The molecular weight excluding hydrogens is 356 g/mol. The van der Waals surface area contributed by atoms with Crippen molar-refractivity contribution in [3.05, 3.63) is 23.2 Å². The topological polar surface area (TPSA) is 68.3 Å².